The van der Waals surface area contributed by atoms with Crippen LogP contribution in [0.2, 0.25) is 18.1 Å². The van der Waals surface area contributed by atoms with Crippen LogP contribution in [-0.2, 0) is 15.7 Å². The summed E-state index contributed by atoms with van der Waals surface area (Å²) in [7, 11) is -1.80. The van der Waals surface area contributed by atoms with Crippen LogP contribution < -0.4 is 4.74 Å². The number of benzene rings is 1. The van der Waals surface area contributed by atoms with Crippen molar-refractivity contribution in [2.45, 2.75) is 64.6 Å². The summed E-state index contributed by atoms with van der Waals surface area (Å²) < 4.78 is 20.6. The van der Waals surface area contributed by atoms with Crippen LogP contribution in [0.25, 0.3) is 10.9 Å². The van der Waals surface area contributed by atoms with Crippen molar-refractivity contribution >= 4 is 35.2 Å². The molecule has 0 spiro atoms. The molecule has 2 aromatic rings. The lowest BCUT2D eigenvalue weighted by Gasteiger charge is -2.38. The molecule has 0 N–H and O–H groups in total. The van der Waals surface area contributed by atoms with Gasteiger partial charge in [-0.2, -0.15) is 5.10 Å². The zero-order valence-corrected chi connectivity index (χ0v) is 19.1. The van der Waals surface area contributed by atoms with Gasteiger partial charge in [-0.1, -0.05) is 20.8 Å². The molecule has 144 valence electrons. The number of aromatic nitrogens is 2. The molecule has 0 bridgehead atoms. The molecule has 1 aliphatic heterocycles. The van der Waals surface area contributed by atoms with E-state index in [2.05, 4.69) is 61.8 Å². The van der Waals surface area contributed by atoms with E-state index in [0.29, 0.717) is 13.2 Å². The van der Waals surface area contributed by atoms with Gasteiger partial charge in [0.15, 0.2) is 8.32 Å². The Morgan fingerprint density at radius 3 is 2.69 bits per heavy atom. The summed E-state index contributed by atoms with van der Waals surface area (Å²) in [4.78, 5) is 0. The number of ether oxygens (including phenoxy) is 2. The van der Waals surface area contributed by atoms with Crippen LogP contribution >= 0.6 is 15.9 Å². The molecule has 1 aromatic carbocycles. The molecule has 2 heterocycles. The van der Waals surface area contributed by atoms with Gasteiger partial charge < -0.3 is 13.9 Å². The Kier molecular flexibility index (Phi) is 5.54. The summed E-state index contributed by atoms with van der Waals surface area (Å²) in [6.45, 7) is 15.6. The molecule has 2 atom stereocenters. The third-order valence-corrected chi connectivity index (χ3v) is 10.6. The Morgan fingerprint density at radius 1 is 1.38 bits per heavy atom. The van der Waals surface area contributed by atoms with Crippen molar-refractivity contribution in [3.63, 3.8) is 0 Å². The van der Waals surface area contributed by atoms with Gasteiger partial charge in [-0.15, -0.1) is 0 Å². The van der Waals surface area contributed by atoms with Gasteiger partial charge in [0.25, 0.3) is 0 Å². The first kappa shape index (κ1) is 19.9. The minimum Gasteiger partial charge on any atom is -0.490 e. The highest BCUT2D eigenvalue weighted by molar-refractivity contribution is 9.10. The average molecular weight is 441 g/mol. The number of halogens is 1. The number of hydrogen-bond acceptors (Lipinski definition) is 4. The Morgan fingerprint density at radius 2 is 2.08 bits per heavy atom. The van der Waals surface area contributed by atoms with Crippen LogP contribution in [0.5, 0.6) is 5.75 Å². The Labute approximate surface area is 165 Å². The molecule has 26 heavy (non-hydrogen) atoms. The van der Waals surface area contributed by atoms with Crippen LogP contribution in [0.4, 0.5) is 0 Å². The van der Waals surface area contributed by atoms with E-state index in [0.717, 1.165) is 27.7 Å². The van der Waals surface area contributed by atoms with Crippen LogP contribution in [0.3, 0.4) is 0 Å². The van der Waals surface area contributed by atoms with Gasteiger partial charge in [0.05, 0.1) is 35.4 Å². The van der Waals surface area contributed by atoms with Crippen molar-refractivity contribution in [2.24, 2.45) is 0 Å². The maximum absolute atomic E-state index is 6.50. The molecule has 0 radical (unpaired) electrons. The summed E-state index contributed by atoms with van der Waals surface area (Å²) in [6.07, 6.45) is 2.23. The van der Waals surface area contributed by atoms with Gasteiger partial charge in [0.2, 0.25) is 0 Å². The fourth-order valence-corrected chi connectivity index (χ4v) is 4.79. The van der Waals surface area contributed by atoms with Crippen molar-refractivity contribution in [3.05, 3.63) is 22.8 Å². The molecule has 0 saturated carbocycles. The maximum Gasteiger partial charge on any atom is 0.192 e. The number of epoxide rings is 1. The van der Waals surface area contributed by atoms with Gasteiger partial charge >= 0.3 is 0 Å². The Hall–Kier alpha value is -0.893. The van der Waals surface area contributed by atoms with Crippen molar-refractivity contribution in [3.8, 4) is 5.75 Å². The SMILES string of the molecule is C[C@@H](Cn1ncc2ccc(OCC3CO3)c(Br)c21)O[Si](C)(C)C(C)(C)C. The summed E-state index contributed by atoms with van der Waals surface area (Å²) in [5.41, 5.74) is 1.05. The molecule has 7 heteroatoms. The van der Waals surface area contributed by atoms with Crippen molar-refractivity contribution in [1.82, 2.24) is 9.78 Å². The number of fused-ring (bicyclic) bond motifs is 1. The van der Waals surface area contributed by atoms with E-state index in [1.807, 2.05) is 23.0 Å². The second-order valence-electron chi connectivity index (χ2n) is 8.60. The molecular weight excluding hydrogens is 412 g/mol. The van der Waals surface area contributed by atoms with E-state index in [4.69, 9.17) is 13.9 Å². The fourth-order valence-electron chi connectivity index (χ4n) is 2.67. The zero-order valence-electron chi connectivity index (χ0n) is 16.5. The molecule has 3 rings (SSSR count). The second kappa shape index (κ2) is 7.26. The van der Waals surface area contributed by atoms with Crippen molar-refractivity contribution in [1.29, 1.82) is 0 Å². The third-order valence-electron chi connectivity index (χ3n) is 5.27. The normalized spacial score (nSPS) is 19.0. The molecular formula is C19H29BrN2O3Si. The molecule has 0 aliphatic carbocycles. The summed E-state index contributed by atoms with van der Waals surface area (Å²) in [6, 6.07) is 4.03. The minimum absolute atomic E-state index is 0.0929. The Balaban J connectivity index is 1.77. The summed E-state index contributed by atoms with van der Waals surface area (Å²) >= 11 is 3.71. The lowest BCUT2D eigenvalue weighted by Crippen LogP contribution is -2.44. The summed E-state index contributed by atoms with van der Waals surface area (Å²) in [5.74, 6) is 0.827. The van der Waals surface area contributed by atoms with Crippen LogP contribution in [0.15, 0.2) is 22.8 Å². The van der Waals surface area contributed by atoms with E-state index in [-0.39, 0.29) is 17.2 Å². The van der Waals surface area contributed by atoms with E-state index >= 15 is 0 Å². The number of rotatable bonds is 7. The van der Waals surface area contributed by atoms with E-state index in [9.17, 15) is 0 Å². The highest BCUT2D eigenvalue weighted by atomic mass is 79.9. The first-order valence-electron chi connectivity index (χ1n) is 9.15. The molecule has 1 aromatic heterocycles. The topological polar surface area (TPSA) is 48.8 Å². The minimum atomic E-state index is -1.80. The number of nitrogens with zero attached hydrogens (tertiary/aromatic N) is 2. The second-order valence-corrected chi connectivity index (χ2v) is 14.1. The van der Waals surface area contributed by atoms with Gasteiger partial charge in [-0.25, -0.2) is 0 Å². The predicted molar refractivity (Wildman–Crippen MR) is 110 cm³/mol. The lowest BCUT2D eigenvalue weighted by molar-refractivity contribution is 0.176. The zero-order chi connectivity index (χ0) is 19.1. The van der Waals surface area contributed by atoms with Gasteiger partial charge in [-0.05, 0) is 53.1 Å². The molecule has 1 saturated heterocycles. The van der Waals surface area contributed by atoms with Crippen molar-refractivity contribution in [2.75, 3.05) is 13.2 Å². The quantitative estimate of drug-likeness (QED) is 0.449. The molecule has 1 fully saturated rings. The standard InChI is InChI=1S/C19H29BrN2O3Si/c1-13(25-26(5,6)19(2,3)4)10-22-18-14(9-21-22)7-8-16(17(18)20)24-12-15-11-23-15/h7-9,13,15H,10-12H2,1-6H3/t13-,15?/m0/s1. The van der Waals surface area contributed by atoms with E-state index in [1.54, 1.807) is 0 Å². The molecule has 0 amide bonds. The van der Waals surface area contributed by atoms with E-state index in [1.165, 1.54) is 0 Å². The van der Waals surface area contributed by atoms with Crippen LogP contribution in [0.1, 0.15) is 27.7 Å². The first-order valence-corrected chi connectivity index (χ1v) is 12.8. The lowest BCUT2D eigenvalue weighted by atomic mass is 10.2. The highest BCUT2D eigenvalue weighted by Gasteiger charge is 2.38. The van der Waals surface area contributed by atoms with Gasteiger partial charge in [0, 0.05) is 5.39 Å². The molecule has 1 aliphatic rings. The average Bonchev–Trinajstić information content (AvgIpc) is 3.25. The molecule has 1 unspecified atom stereocenters. The number of hydrogen-bond donors (Lipinski definition) is 0. The first-order chi connectivity index (χ1) is 12.1. The smallest absolute Gasteiger partial charge is 0.192 e. The van der Waals surface area contributed by atoms with Crippen LogP contribution in [-0.4, -0.2) is 43.5 Å². The van der Waals surface area contributed by atoms with Crippen molar-refractivity contribution < 1.29 is 13.9 Å². The predicted octanol–water partition coefficient (Wildman–Crippen LogP) is 4.99. The Bertz CT molecular complexity index is 781. The highest BCUT2D eigenvalue weighted by Crippen LogP contribution is 2.38. The van der Waals surface area contributed by atoms with Gasteiger partial charge in [-0.3, -0.25) is 4.68 Å². The maximum atomic E-state index is 6.50. The van der Waals surface area contributed by atoms with Gasteiger partial charge in [0.1, 0.15) is 18.5 Å². The third kappa shape index (κ3) is 4.32. The van der Waals surface area contributed by atoms with Crippen LogP contribution in [0, 0.1) is 0 Å². The fraction of sp³-hybridized carbons (Fsp3) is 0.632. The summed E-state index contributed by atoms with van der Waals surface area (Å²) in [5, 5.41) is 5.86. The largest absolute Gasteiger partial charge is 0.490 e. The molecule has 5 nitrogen and oxygen atoms in total. The van der Waals surface area contributed by atoms with E-state index < -0.39 is 8.32 Å². The monoisotopic (exact) mass is 440 g/mol.